The number of rotatable bonds is 5. The van der Waals surface area contributed by atoms with Gasteiger partial charge < -0.3 is 10.6 Å². The van der Waals surface area contributed by atoms with Crippen LogP contribution in [0.5, 0.6) is 0 Å². The Kier molecular flexibility index (Phi) is 5.68. The van der Waals surface area contributed by atoms with Crippen molar-refractivity contribution in [1.29, 1.82) is 0 Å². The SMILES string of the molecule is CCc1cnc(CNC(=NC)NCc2ccc(F)cc2)s1. The fraction of sp³-hybridized carbons (Fsp3) is 0.333. The molecule has 6 heteroatoms. The lowest BCUT2D eigenvalue weighted by Crippen LogP contribution is -2.36. The van der Waals surface area contributed by atoms with Gasteiger partial charge in [0.05, 0.1) is 6.54 Å². The molecule has 0 aliphatic carbocycles. The molecular weight excluding hydrogens is 287 g/mol. The first-order valence-corrected chi connectivity index (χ1v) is 7.65. The summed E-state index contributed by atoms with van der Waals surface area (Å²) in [4.78, 5) is 9.79. The van der Waals surface area contributed by atoms with Crippen molar-refractivity contribution in [3.63, 3.8) is 0 Å². The third-order valence-corrected chi connectivity index (χ3v) is 4.10. The molecule has 0 aliphatic heterocycles. The van der Waals surface area contributed by atoms with Crippen molar-refractivity contribution >= 4 is 17.3 Å². The molecule has 0 bridgehead atoms. The maximum atomic E-state index is 12.8. The summed E-state index contributed by atoms with van der Waals surface area (Å²) in [6.45, 7) is 3.36. The van der Waals surface area contributed by atoms with Crippen molar-refractivity contribution in [2.75, 3.05) is 7.05 Å². The van der Waals surface area contributed by atoms with Gasteiger partial charge in [0, 0.05) is 24.7 Å². The highest BCUT2D eigenvalue weighted by molar-refractivity contribution is 7.11. The van der Waals surface area contributed by atoms with Crippen molar-refractivity contribution in [3.05, 3.63) is 51.7 Å². The Morgan fingerprint density at radius 3 is 2.57 bits per heavy atom. The summed E-state index contributed by atoms with van der Waals surface area (Å²) in [5, 5.41) is 7.45. The van der Waals surface area contributed by atoms with Crippen LogP contribution in [0.2, 0.25) is 0 Å². The molecule has 0 saturated heterocycles. The fourth-order valence-electron chi connectivity index (χ4n) is 1.76. The lowest BCUT2D eigenvalue weighted by Gasteiger charge is -2.10. The second-order valence-corrected chi connectivity index (χ2v) is 5.68. The second-order valence-electron chi connectivity index (χ2n) is 4.48. The summed E-state index contributed by atoms with van der Waals surface area (Å²) in [7, 11) is 1.72. The quantitative estimate of drug-likeness (QED) is 0.659. The van der Waals surface area contributed by atoms with Gasteiger partial charge in [0.25, 0.3) is 0 Å². The molecule has 0 spiro atoms. The van der Waals surface area contributed by atoms with E-state index >= 15 is 0 Å². The minimum atomic E-state index is -0.225. The van der Waals surface area contributed by atoms with Gasteiger partial charge in [-0.1, -0.05) is 19.1 Å². The molecule has 0 aliphatic rings. The maximum absolute atomic E-state index is 12.8. The topological polar surface area (TPSA) is 49.3 Å². The number of guanidine groups is 1. The highest BCUT2D eigenvalue weighted by atomic mass is 32.1. The number of hydrogen-bond acceptors (Lipinski definition) is 3. The van der Waals surface area contributed by atoms with Gasteiger partial charge in [-0.3, -0.25) is 4.99 Å². The molecule has 0 fully saturated rings. The second kappa shape index (κ2) is 7.73. The van der Waals surface area contributed by atoms with E-state index in [4.69, 9.17) is 0 Å². The van der Waals surface area contributed by atoms with Gasteiger partial charge in [0.2, 0.25) is 0 Å². The molecule has 0 radical (unpaired) electrons. The van der Waals surface area contributed by atoms with Crippen LogP contribution in [0, 0.1) is 5.82 Å². The first-order valence-electron chi connectivity index (χ1n) is 6.83. The first-order chi connectivity index (χ1) is 10.2. The van der Waals surface area contributed by atoms with E-state index < -0.39 is 0 Å². The molecule has 2 rings (SSSR count). The van der Waals surface area contributed by atoms with Crippen LogP contribution in [-0.2, 0) is 19.5 Å². The van der Waals surface area contributed by atoms with E-state index in [1.54, 1.807) is 30.5 Å². The van der Waals surface area contributed by atoms with Gasteiger partial charge in [-0.2, -0.15) is 0 Å². The summed E-state index contributed by atoms with van der Waals surface area (Å²) in [6, 6.07) is 6.41. The van der Waals surface area contributed by atoms with Gasteiger partial charge in [0.1, 0.15) is 10.8 Å². The van der Waals surface area contributed by atoms with Gasteiger partial charge >= 0.3 is 0 Å². The minimum absolute atomic E-state index is 0.225. The zero-order valence-electron chi connectivity index (χ0n) is 12.2. The molecule has 0 amide bonds. The predicted molar refractivity (Wildman–Crippen MR) is 84.9 cm³/mol. The van der Waals surface area contributed by atoms with E-state index in [-0.39, 0.29) is 5.82 Å². The average molecular weight is 306 g/mol. The summed E-state index contributed by atoms with van der Waals surface area (Å²) in [5.74, 6) is 0.476. The van der Waals surface area contributed by atoms with Crippen molar-refractivity contribution < 1.29 is 4.39 Å². The van der Waals surface area contributed by atoms with Crippen LogP contribution in [0.4, 0.5) is 4.39 Å². The Morgan fingerprint density at radius 2 is 1.95 bits per heavy atom. The average Bonchev–Trinajstić information content (AvgIpc) is 2.97. The number of aryl methyl sites for hydroxylation is 1. The van der Waals surface area contributed by atoms with Crippen molar-refractivity contribution in [2.24, 2.45) is 4.99 Å². The largest absolute Gasteiger partial charge is 0.352 e. The van der Waals surface area contributed by atoms with E-state index in [2.05, 4.69) is 27.5 Å². The van der Waals surface area contributed by atoms with Crippen molar-refractivity contribution in [1.82, 2.24) is 15.6 Å². The van der Waals surface area contributed by atoms with E-state index in [1.807, 2.05) is 6.20 Å². The number of benzene rings is 1. The zero-order chi connectivity index (χ0) is 15.1. The molecule has 2 aromatic rings. The van der Waals surface area contributed by atoms with Crippen molar-refractivity contribution in [2.45, 2.75) is 26.4 Å². The summed E-state index contributed by atoms with van der Waals surface area (Å²) in [6.07, 6.45) is 2.92. The minimum Gasteiger partial charge on any atom is -0.352 e. The Morgan fingerprint density at radius 1 is 1.24 bits per heavy atom. The number of nitrogens with zero attached hydrogens (tertiary/aromatic N) is 2. The van der Waals surface area contributed by atoms with Crippen LogP contribution in [0.25, 0.3) is 0 Å². The molecule has 4 nitrogen and oxygen atoms in total. The van der Waals surface area contributed by atoms with Crippen LogP contribution >= 0.6 is 11.3 Å². The molecule has 0 saturated carbocycles. The standard InChI is InChI=1S/C15H19FN4S/c1-3-13-9-18-14(21-13)10-20-15(17-2)19-8-11-4-6-12(16)7-5-11/h4-7,9H,3,8,10H2,1-2H3,(H2,17,19,20). The van der Waals surface area contributed by atoms with Crippen LogP contribution < -0.4 is 10.6 Å². The molecule has 1 aromatic carbocycles. The molecule has 0 atom stereocenters. The van der Waals surface area contributed by atoms with E-state index in [1.165, 1.54) is 17.0 Å². The summed E-state index contributed by atoms with van der Waals surface area (Å²) < 4.78 is 12.8. The predicted octanol–water partition coefficient (Wildman–Crippen LogP) is 2.71. The van der Waals surface area contributed by atoms with E-state index in [0.29, 0.717) is 19.0 Å². The van der Waals surface area contributed by atoms with Crippen LogP contribution in [0.3, 0.4) is 0 Å². The van der Waals surface area contributed by atoms with Crippen molar-refractivity contribution in [3.8, 4) is 0 Å². The Hall–Kier alpha value is -1.95. The number of halogens is 1. The van der Waals surface area contributed by atoms with Crippen LogP contribution in [-0.4, -0.2) is 18.0 Å². The van der Waals surface area contributed by atoms with Crippen LogP contribution in [0.15, 0.2) is 35.5 Å². The molecule has 0 unspecified atom stereocenters. The maximum Gasteiger partial charge on any atom is 0.191 e. The summed E-state index contributed by atoms with van der Waals surface area (Å²) in [5.41, 5.74) is 1.00. The lowest BCUT2D eigenvalue weighted by molar-refractivity contribution is 0.626. The molecule has 1 heterocycles. The first kappa shape index (κ1) is 15.4. The number of nitrogens with one attached hydrogen (secondary N) is 2. The van der Waals surface area contributed by atoms with Gasteiger partial charge in [0.15, 0.2) is 5.96 Å². The Bertz CT molecular complexity index is 592. The van der Waals surface area contributed by atoms with Crippen LogP contribution in [0.1, 0.15) is 22.4 Å². The number of aromatic nitrogens is 1. The molecule has 2 N–H and O–H groups in total. The van der Waals surface area contributed by atoms with E-state index in [9.17, 15) is 4.39 Å². The van der Waals surface area contributed by atoms with Gasteiger partial charge in [-0.05, 0) is 24.1 Å². The molecule has 112 valence electrons. The fourth-order valence-corrected chi connectivity index (χ4v) is 2.56. The highest BCUT2D eigenvalue weighted by Crippen LogP contribution is 2.12. The summed E-state index contributed by atoms with van der Waals surface area (Å²) >= 11 is 1.70. The smallest absolute Gasteiger partial charge is 0.191 e. The normalized spacial score (nSPS) is 11.5. The Balaban J connectivity index is 1.81. The monoisotopic (exact) mass is 306 g/mol. The number of aliphatic imine (C=N–C) groups is 1. The molecular formula is C15H19FN4S. The third-order valence-electron chi connectivity index (χ3n) is 2.95. The molecule has 21 heavy (non-hydrogen) atoms. The highest BCUT2D eigenvalue weighted by Gasteiger charge is 2.03. The zero-order valence-corrected chi connectivity index (χ0v) is 13.0. The number of thiazole rings is 1. The third kappa shape index (κ3) is 4.82. The van der Waals surface area contributed by atoms with E-state index in [0.717, 1.165) is 17.0 Å². The van der Waals surface area contributed by atoms with Gasteiger partial charge in [-0.25, -0.2) is 9.37 Å². The number of hydrogen-bond donors (Lipinski definition) is 2. The Labute approximate surface area is 128 Å². The molecule has 1 aromatic heterocycles. The lowest BCUT2D eigenvalue weighted by atomic mass is 10.2. The van der Waals surface area contributed by atoms with Gasteiger partial charge in [-0.15, -0.1) is 11.3 Å².